The summed E-state index contributed by atoms with van der Waals surface area (Å²) in [5.74, 6) is -0.949. The summed E-state index contributed by atoms with van der Waals surface area (Å²) in [4.78, 5) is 0. The molecule has 1 fully saturated rings. The monoisotopic (exact) mass is 253 g/mol. The molecule has 1 aliphatic rings. The molecule has 1 unspecified atom stereocenters. The molecule has 1 aromatic carbocycles. The van der Waals surface area contributed by atoms with E-state index in [1.807, 2.05) is 0 Å². The first-order chi connectivity index (χ1) is 8.72. The summed E-state index contributed by atoms with van der Waals surface area (Å²) in [7, 11) is 0. The molecule has 1 aromatic rings. The van der Waals surface area contributed by atoms with Gasteiger partial charge in [0.1, 0.15) is 0 Å². The zero-order valence-corrected chi connectivity index (χ0v) is 10.9. The Labute approximate surface area is 108 Å². The van der Waals surface area contributed by atoms with Crippen LogP contribution in [0.3, 0.4) is 0 Å². The van der Waals surface area contributed by atoms with E-state index < -0.39 is 11.6 Å². The second-order valence-electron chi connectivity index (χ2n) is 5.15. The van der Waals surface area contributed by atoms with Gasteiger partial charge in [-0.2, -0.15) is 0 Å². The highest BCUT2D eigenvalue weighted by Crippen LogP contribution is 2.36. The molecule has 100 valence electrons. The molecule has 1 N–H and O–H groups in total. The first kappa shape index (κ1) is 13.5. The molecular formula is C15H21F2N. The van der Waals surface area contributed by atoms with E-state index in [4.69, 9.17) is 0 Å². The molecule has 18 heavy (non-hydrogen) atoms. The highest BCUT2D eigenvalue weighted by Gasteiger charge is 2.26. The molecule has 0 aromatic heterocycles. The molecule has 1 aliphatic carbocycles. The maximum Gasteiger partial charge on any atom is 0.159 e. The Hall–Kier alpha value is -0.960. The molecule has 1 atom stereocenters. The molecule has 0 radical (unpaired) electrons. The zero-order chi connectivity index (χ0) is 13.0. The van der Waals surface area contributed by atoms with Crippen molar-refractivity contribution < 1.29 is 8.78 Å². The standard InChI is InChI=1S/C15H21F2N/c1-2-9-18-15(11-5-3-4-6-11)12-7-8-13(16)14(17)10-12/h7-8,10-11,15,18H,2-6,9H2,1H3. The number of halogens is 2. The summed E-state index contributed by atoms with van der Waals surface area (Å²) in [5.41, 5.74) is 0.884. The van der Waals surface area contributed by atoms with Gasteiger partial charge in [0, 0.05) is 6.04 Å². The lowest BCUT2D eigenvalue weighted by Crippen LogP contribution is -2.28. The fourth-order valence-electron chi connectivity index (χ4n) is 2.85. The van der Waals surface area contributed by atoms with Crippen molar-refractivity contribution in [2.24, 2.45) is 5.92 Å². The first-order valence-electron chi connectivity index (χ1n) is 6.90. The smallest absolute Gasteiger partial charge is 0.159 e. The molecule has 0 saturated heterocycles. The summed E-state index contributed by atoms with van der Waals surface area (Å²) < 4.78 is 26.3. The molecule has 3 heteroatoms. The van der Waals surface area contributed by atoms with E-state index in [1.165, 1.54) is 37.8 Å². The summed E-state index contributed by atoms with van der Waals surface area (Å²) in [6.07, 6.45) is 5.91. The van der Waals surface area contributed by atoms with Crippen molar-refractivity contribution in [2.45, 2.75) is 45.1 Å². The lowest BCUT2D eigenvalue weighted by Gasteiger charge is -2.25. The normalized spacial score (nSPS) is 18.2. The van der Waals surface area contributed by atoms with Crippen molar-refractivity contribution in [3.8, 4) is 0 Å². The Morgan fingerprint density at radius 1 is 1.22 bits per heavy atom. The minimum absolute atomic E-state index is 0.169. The van der Waals surface area contributed by atoms with Crippen molar-refractivity contribution in [2.75, 3.05) is 6.54 Å². The summed E-state index contributed by atoms with van der Waals surface area (Å²) in [6, 6.07) is 4.47. The first-order valence-corrected chi connectivity index (χ1v) is 6.90. The van der Waals surface area contributed by atoms with E-state index in [1.54, 1.807) is 6.07 Å². The van der Waals surface area contributed by atoms with Crippen LogP contribution in [0.4, 0.5) is 8.78 Å². The number of hydrogen-bond donors (Lipinski definition) is 1. The molecule has 1 saturated carbocycles. The maximum absolute atomic E-state index is 13.3. The van der Waals surface area contributed by atoms with Crippen LogP contribution in [0.15, 0.2) is 18.2 Å². The Bertz CT molecular complexity index is 386. The van der Waals surface area contributed by atoms with E-state index >= 15 is 0 Å². The number of rotatable bonds is 5. The van der Waals surface area contributed by atoms with E-state index in [9.17, 15) is 8.78 Å². The second kappa shape index (κ2) is 6.28. The van der Waals surface area contributed by atoms with Crippen molar-refractivity contribution in [1.82, 2.24) is 5.32 Å². The fourth-order valence-corrected chi connectivity index (χ4v) is 2.85. The van der Waals surface area contributed by atoms with Crippen LogP contribution < -0.4 is 5.32 Å². The van der Waals surface area contributed by atoms with Gasteiger partial charge in [-0.15, -0.1) is 0 Å². The molecule has 0 aliphatic heterocycles. The van der Waals surface area contributed by atoms with Gasteiger partial charge in [0.05, 0.1) is 0 Å². The van der Waals surface area contributed by atoms with Crippen LogP contribution in [0.1, 0.15) is 50.6 Å². The Balaban J connectivity index is 2.17. The Morgan fingerprint density at radius 3 is 2.56 bits per heavy atom. The van der Waals surface area contributed by atoms with E-state index in [0.29, 0.717) is 5.92 Å². The summed E-state index contributed by atoms with van der Waals surface area (Å²) >= 11 is 0. The summed E-state index contributed by atoms with van der Waals surface area (Å²) in [6.45, 7) is 3.03. The highest BCUT2D eigenvalue weighted by molar-refractivity contribution is 5.22. The van der Waals surface area contributed by atoms with Gasteiger partial charge in [-0.25, -0.2) is 8.78 Å². The molecular weight excluding hydrogens is 232 g/mol. The molecule has 0 amide bonds. The predicted molar refractivity (Wildman–Crippen MR) is 69.4 cm³/mol. The lowest BCUT2D eigenvalue weighted by atomic mass is 9.91. The average Bonchev–Trinajstić information content (AvgIpc) is 2.88. The molecule has 1 nitrogen and oxygen atoms in total. The number of hydrogen-bond acceptors (Lipinski definition) is 1. The maximum atomic E-state index is 13.3. The van der Waals surface area contributed by atoms with Crippen LogP contribution in [0.2, 0.25) is 0 Å². The second-order valence-corrected chi connectivity index (χ2v) is 5.15. The minimum atomic E-state index is -0.764. The van der Waals surface area contributed by atoms with Gasteiger partial charge >= 0.3 is 0 Å². The summed E-state index contributed by atoms with van der Waals surface area (Å²) in [5, 5.41) is 3.49. The van der Waals surface area contributed by atoms with E-state index in [-0.39, 0.29) is 6.04 Å². The van der Waals surface area contributed by atoms with Gasteiger partial charge in [0.25, 0.3) is 0 Å². The molecule has 0 bridgehead atoms. The average molecular weight is 253 g/mol. The lowest BCUT2D eigenvalue weighted by molar-refractivity contribution is 0.366. The van der Waals surface area contributed by atoms with Crippen LogP contribution in [-0.2, 0) is 0 Å². The number of benzene rings is 1. The third-order valence-electron chi connectivity index (χ3n) is 3.79. The highest BCUT2D eigenvalue weighted by atomic mass is 19.2. The van der Waals surface area contributed by atoms with Crippen LogP contribution >= 0.6 is 0 Å². The SMILES string of the molecule is CCCNC(c1ccc(F)c(F)c1)C1CCCC1. The van der Waals surface area contributed by atoms with Gasteiger partial charge in [-0.3, -0.25) is 0 Å². The van der Waals surface area contributed by atoms with Crippen molar-refractivity contribution in [3.05, 3.63) is 35.4 Å². The molecule has 2 rings (SSSR count). The van der Waals surface area contributed by atoms with Gasteiger partial charge < -0.3 is 5.32 Å². The molecule has 0 spiro atoms. The van der Waals surface area contributed by atoms with Gasteiger partial charge in [0.15, 0.2) is 11.6 Å². The van der Waals surface area contributed by atoms with Crippen LogP contribution in [0, 0.1) is 17.6 Å². The Kier molecular flexibility index (Phi) is 4.70. The predicted octanol–water partition coefficient (Wildman–Crippen LogP) is 4.20. The van der Waals surface area contributed by atoms with Crippen LogP contribution in [0.5, 0.6) is 0 Å². The van der Waals surface area contributed by atoms with E-state index in [0.717, 1.165) is 18.5 Å². The van der Waals surface area contributed by atoms with Gasteiger partial charge in [0.2, 0.25) is 0 Å². The van der Waals surface area contributed by atoms with Gasteiger partial charge in [-0.1, -0.05) is 25.8 Å². The van der Waals surface area contributed by atoms with Crippen LogP contribution in [-0.4, -0.2) is 6.54 Å². The zero-order valence-electron chi connectivity index (χ0n) is 10.9. The third-order valence-corrected chi connectivity index (χ3v) is 3.79. The van der Waals surface area contributed by atoms with Crippen molar-refractivity contribution in [1.29, 1.82) is 0 Å². The number of nitrogens with one attached hydrogen (secondary N) is 1. The largest absolute Gasteiger partial charge is 0.310 e. The molecule has 0 heterocycles. The third kappa shape index (κ3) is 3.08. The Morgan fingerprint density at radius 2 is 1.94 bits per heavy atom. The van der Waals surface area contributed by atoms with Crippen LogP contribution in [0.25, 0.3) is 0 Å². The van der Waals surface area contributed by atoms with E-state index in [2.05, 4.69) is 12.2 Å². The quantitative estimate of drug-likeness (QED) is 0.829. The fraction of sp³-hybridized carbons (Fsp3) is 0.600. The minimum Gasteiger partial charge on any atom is -0.310 e. The van der Waals surface area contributed by atoms with Crippen molar-refractivity contribution >= 4 is 0 Å². The van der Waals surface area contributed by atoms with Crippen molar-refractivity contribution in [3.63, 3.8) is 0 Å². The topological polar surface area (TPSA) is 12.0 Å². The van der Waals surface area contributed by atoms with Gasteiger partial charge in [-0.05, 0) is 49.4 Å².